The molecule has 2 N–H and O–H groups in total. The molecule has 0 saturated carbocycles. The summed E-state index contributed by atoms with van der Waals surface area (Å²) in [5.41, 5.74) is -0.00153. The Morgan fingerprint density at radius 2 is 1.74 bits per heavy atom. The Morgan fingerprint density at radius 3 is 2.37 bits per heavy atom. The topological polar surface area (TPSA) is 124 Å². The average molecular weight is 619 g/mol. The third kappa shape index (κ3) is 6.59. The molecule has 1 amide bonds. The van der Waals surface area contributed by atoms with Crippen molar-refractivity contribution in [3.05, 3.63) is 77.9 Å². The number of halogens is 3. The van der Waals surface area contributed by atoms with Gasteiger partial charge in [0.2, 0.25) is 0 Å². The lowest BCUT2D eigenvalue weighted by atomic mass is 10.0. The molecule has 0 bridgehead atoms. The van der Waals surface area contributed by atoms with Gasteiger partial charge in [-0.3, -0.25) is 9.36 Å². The molecule has 0 spiro atoms. The summed E-state index contributed by atoms with van der Waals surface area (Å²) in [6.07, 6.45) is -5.39. The maximum Gasteiger partial charge on any atom is 0.442 e. The minimum Gasteiger partial charge on any atom is -0.484 e. The van der Waals surface area contributed by atoms with Crippen molar-refractivity contribution in [2.24, 2.45) is 10.2 Å². The molecule has 228 valence electrons. The number of methoxy groups -OCH3 is 1. The third-order valence-electron chi connectivity index (χ3n) is 7.13. The lowest BCUT2D eigenvalue weighted by Gasteiger charge is -2.25. The lowest BCUT2D eigenvalue weighted by Crippen LogP contribution is -2.47. The van der Waals surface area contributed by atoms with Crippen molar-refractivity contribution in [1.82, 2.24) is 9.88 Å². The van der Waals surface area contributed by atoms with Crippen LogP contribution in [0.3, 0.4) is 0 Å². The zero-order valence-electron chi connectivity index (χ0n) is 23.5. The quantitative estimate of drug-likeness (QED) is 0.195. The minimum atomic E-state index is -4.59. The van der Waals surface area contributed by atoms with Crippen LogP contribution in [-0.4, -0.2) is 60.7 Å². The van der Waals surface area contributed by atoms with E-state index in [2.05, 4.69) is 15.5 Å². The van der Waals surface area contributed by atoms with Crippen LogP contribution in [0.2, 0.25) is 0 Å². The highest BCUT2D eigenvalue weighted by molar-refractivity contribution is 7.51. The smallest absolute Gasteiger partial charge is 0.442 e. The third-order valence-corrected chi connectivity index (χ3v) is 7.85. The number of nitrogens with one attached hydrogen (secondary N) is 1. The molecule has 3 aromatic carbocycles. The molecule has 0 fully saturated rings. The zero-order chi connectivity index (χ0) is 31.0. The second kappa shape index (κ2) is 11.7. The Morgan fingerprint density at radius 1 is 1.07 bits per heavy atom. The van der Waals surface area contributed by atoms with Crippen molar-refractivity contribution < 1.29 is 41.4 Å². The molecule has 2 heterocycles. The molecule has 43 heavy (non-hydrogen) atoms. The fourth-order valence-corrected chi connectivity index (χ4v) is 5.77. The molecule has 14 heteroatoms. The van der Waals surface area contributed by atoms with E-state index in [1.165, 1.54) is 19.2 Å². The van der Waals surface area contributed by atoms with E-state index in [1.54, 1.807) is 31.2 Å². The molecule has 1 aromatic heterocycles. The minimum absolute atomic E-state index is 0.0336. The van der Waals surface area contributed by atoms with Gasteiger partial charge in [0, 0.05) is 48.2 Å². The molecular weight excluding hydrogens is 588 g/mol. The molecule has 0 radical (unpaired) electrons. The van der Waals surface area contributed by atoms with E-state index in [0.717, 1.165) is 34.0 Å². The van der Waals surface area contributed by atoms with E-state index in [-0.39, 0.29) is 18.8 Å². The maximum absolute atomic E-state index is 13.4. The molecule has 5 rings (SSSR count). The average Bonchev–Trinajstić information content (AvgIpc) is 3.72. The number of alkyl halides is 3. The van der Waals surface area contributed by atoms with Crippen LogP contribution in [0.5, 0.6) is 5.75 Å². The van der Waals surface area contributed by atoms with Crippen molar-refractivity contribution in [1.29, 1.82) is 0 Å². The molecule has 4 aromatic rings. The Kier molecular flexibility index (Phi) is 8.36. The Hall–Kier alpha value is -3.77. The SMILES string of the molecule is COC[C@H](NC(=O)COc1ccc2c3ccccc3n(Cc3ccc(C4(C(F)(F)F)N=N4)cc3)c2c1)[C@H](C)OP(C)(=O)O. The number of carbonyl (C=O) groups is 1. The molecular formula is C29H30F3N4O6P. The van der Waals surface area contributed by atoms with Gasteiger partial charge in [0.1, 0.15) is 5.75 Å². The summed E-state index contributed by atoms with van der Waals surface area (Å²) in [5, 5.41) is 11.2. The van der Waals surface area contributed by atoms with Gasteiger partial charge in [-0.15, -0.1) is 10.2 Å². The van der Waals surface area contributed by atoms with Gasteiger partial charge in [0.05, 0.1) is 24.3 Å². The molecule has 3 atom stereocenters. The number of ether oxygens (including phenoxy) is 2. The number of benzene rings is 3. The van der Waals surface area contributed by atoms with Gasteiger partial charge < -0.3 is 28.8 Å². The summed E-state index contributed by atoms with van der Waals surface area (Å²) in [7, 11) is -2.34. The summed E-state index contributed by atoms with van der Waals surface area (Å²) in [4.78, 5) is 22.2. The second-order valence-corrected chi connectivity index (χ2v) is 12.2. The summed E-state index contributed by atoms with van der Waals surface area (Å²) >= 11 is 0. The summed E-state index contributed by atoms with van der Waals surface area (Å²) in [6, 6.07) is 18.6. The largest absolute Gasteiger partial charge is 0.484 e. The van der Waals surface area contributed by atoms with Gasteiger partial charge in [-0.2, -0.15) is 13.2 Å². The summed E-state index contributed by atoms with van der Waals surface area (Å²) < 4.78 is 69.9. The predicted octanol–water partition coefficient (Wildman–Crippen LogP) is 5.75. The first kappa shape index (κ1) is 30.7. The van der Waals surface area contributed by atoms with Crippen molar-refractivity contribution in [3.63, 3.8) is 0 Å². The highest BCUT2D eigenvalue weighted by Crippen LogP contribution is 2.52. The van der Waals surface area contributed by atoms with E-state index in [1.807, 2.05) is 34.9 Å². The standard InChI is InChI=1S/C29H30F3N4O6P/c1-18(42-43(3,38)39)24(16-40-2)33-27(37)17-41-21-12-13-23-22-6-4-5-7-25(22)36(26(23)14-21)15-19-8-10-20(11-9-19)28(34-35-28)29(30,31)32/h4-14,18,24H,15-17H2,1-3H3,(H,33,37)(H,38,39)/t18-,24-/m0/s1. The molecule has 10 nitrogen and oxygen atoms in total. The van der Waals surface area contributed by atoms with Crippen molar-refractivity contribution in [2.45, 2.75) is 37.5 Å². The fourth-order valence-electron chi connectivity index (χ4n) is 5.01. The number of hydrogen-bond donors (Lipinski definition) is 2. The van der Waals surface area contributed by atoms with E-state index in [0.29, 0.717) is 12.3 Å². The number of fused-ring (bicyclic) bond motifs is 3. The summed E-state index contributed by atoms with van der Waals surface area (Å²) in [6.45, 7) is 2.71. The second-order valence-electron chi connectivity index (χ2n) is 10.4. The van der Waals surface area contributed by atoms with E-state index < -0.39 is 37.5 Å². The van der Waals surface area contributed by atoms with Gasteiger partial charge in [0.15, 0.2) is 6.61 Å². The fraction of sp³-hybridized carbons (Fsp3) is 0.345. The van der Waals surface area contributed by atoms with Crippen LogP contribution >= 0.6 is 7.60 Å². The number of para-hydroxylation sites is 1. The zero-order valence-corrected chi connectivity index (χ0v) is 24.4. The van der Waals surface area contributed by atoms with Crippen LogP contribution in [-0.2, 0) is 30.8 Å². The Bertz CT molecular complexity index is 1710. The number of carbonyl (C=O) groups excluding carboxylic acids is 1. The van der Waals surface area contributed by atoms with E-state index in [4.69, 9.17) is 14.0 Å². The summed E-state index contributed by atoms with van der Waals surface area (Å²) in [5.74, 6) is -0.0556. The van der Waals surface area contributed by atoms with Crippen LogP contribution in [0.25, 0.3) is 21.8 Å². The monoisotopic (exact) mass is 618 g/mol. The maximum atomic E-state index is 13.4. The number of hydrogen-bond acceptors (Lipinski definition) is 7. The molecule has 1 unspecified atom stereocenters. The van der Waals surface area contributed by atoms with Crippen molar-refractivity contribution in [2.75, 3.05) is 27.0 Å². The number of nitrogens with zero attached hydrogens (tertiary/aromatic N) is 3. The molecule has 1 aliphatic heterocycles. The van der Waals surface area contributed by atoms with Crippen molar-refractivity contribution in [3.8, 4) is 5.75 Å². The predicted molar refractivity (Wildman–Crippen MR) is 153 cm³/mol. The van der Waals surface area contributed by atoms with Crippen LogP contribution in [0.15, 0.2) is 77.0 Å². The first-order valence-electron chi connectivity index (χ1n) is 13.3. The number of rotatable bonds is 12. The first-order valence-corrected chi connectivity index (χ1v) is 15.3. The Labute approximate surface area is 245 Å². The molecule has 0 aliphatic carbocycles. The van der Waals surface area contributed by atoms with Crippen LogP contribution in [0, 0.1) is 0 Å². The van der Waals surface area contributed by atoms with E-state index in [9.17, 15) is 27.4 Å². The van der Waals surface area contributed by atoms with Crippen LogP contribution in [0.1, 0.15) is 18.1 Å². The Balaban J connectivity index is 1.35. The van der Waals surface area contributed by atoms with Gasteiger partial charge in [-0.1, -0.05) is 42.5 Å². The van der Waals surface area contributed by atoms with Crippen LogP contribution < -0.4 is 10.1 Å². The number of amides is 1. The van der Waals surface area contributed by atoms with E-state index >= 15 is 0 Å². The molecule has 0 saturated heterocycles. The normalized spacial score (nSPS) is 17.0. The molecule has 1 aliphatic rings. The van der Waals surface area contributed by atoms with Crippen LogP contribution in [0.4, 0.5) is 13.2 Å². The van der Waals surface area contributed by atoms with Gasteiger partial charge in [0.25, 0.3) is 5.91 Å². The number of aromatic nitrogens is 1. The lowest BCUT2D eigenvalue weighted by molar-refractivity contribution is -0.166. The van der Waals surface area contributed by atoms with Gasteiger partial charge >= 0.3 is 19.4 Å². The first-order chi connectivity index (χ1) is 20.3. The highest BCUT2D eigenvalue weighted by Gasteiger charge is 2.65. The van der Waals surface area contributed by atoms with Crippen molar-refractivity contribution >= 4 is 35.3 Å². The highest BCUT2D eigenvalue weighted by atomic mass is 31.2. The van der Waals surface area contributed by atoms with Gasteiger partial charge in [-0.25, -0.2) is 0 Å². The van der Waals surface area contributed by atoms with Gasteiger partial charge in [-0.05, 0) is 30.7 Å².